The Kier molecular flexibility index (Phi) is 4.40. The average Bonchev–Trinajstić information content (AvgIpc) is 2.91. The standard InChI is InChI=1S/C14H22N4O2S/c1-10(7-15)17(4)8-14-11(2)16-18(12(14)3)13-5-6-21(19,20)9-13/h10,13H,5-6,8-9H2,1-4H3/t10-,13+/m0/s1. The minimum Gasteiger partial charge on any atom is -0.287 e. The van der Waals surface area contributed by atoms with Crippen molar-refractivity contribution in [2.24, 2.45) is 0 Å². The van der Waals surface area contributed by atoms with Crippen LogP contribution in [0.4, 0.5) is 0 Å². The summed E-state index contributed by atoms with van der Waals surface area (Å²) in [4.78, 5) is 1.97. The highest BCUT2D eigenvalue weighted by Gasteiger charge is 2.31. The molecule has 0 bridgehead atoms. The maximum atomic E-state index is 11.6. The Labute approximate surface area is 126 Å². The summed E-state index contributed by atoms with van der Waals surface area (Å²) in [5.74, 6) is 0.426. The molecule has 0 aromatic carbocycles. The van der Waals surface area contributed by atoms with Gasteiger partial charge in [0.1, 0.15) is 0 Å². The number of rotatable bonds is 4. The van der Waals surface area contributed by atoms with Crippen LogP contribution in [0.1, 0.15) is 36.3 Å². The van der Waals surface area contributed by atoms with Crippen molar-refractivity contribution in [3.63, 3.8) is 0 Å². The molecule has 1 aromatic rings. The number of hydrogen-bond acceptors (Lipinski definition) is 5. The van der Waals surface area contributed by atoms with E-state index in [-0.39, 0.29) is 23.6 Å². The Morgan fingerprint density at radius 1 is 1.52 bits per heavy atom. The third-order valence-corrected chi connectivity index (χ3v) is 6.03. The Hall–Kier alpha value is -1.39. The molecule has 0 spiro atoms. The molecule has 7 heteroatoms. The first-order chi connectivity index (χ1) is 9.75. The summed E-state index contributed by atoms with van der Waals surface area (Å²) in [6.07, 6.45) is 0.633. The topological polar surface area (TPSA) is 79.0 Å². The van der Waals surface area contributed by atoms with Gasteiger partial charge in [-0.2, -0.15) is 10.4 Å². The van der Waals surface area contributed by atoms with Crippen LogP contribution in [0.2, 0.25) is 0 Å². The Balaban J connectivity index is 2.24. The summed E-state index contributed by atoms with van der Waals surface area (Å²) >= 11 is 0. The van der Waals surface area contributed by atoms with Gasteiger partial charge in [-0.25, -0.2) is 8.42 Å². The second-order valence-corrected chi connectivity index (χ2v) is 8.10. The quantitative estimate of drug-likeness (QED) is 0.835. The van der Waals surface area contributed by atoms with Gasteiger partial charge in [-0.3, -0.25) is 9.58 Å². The summed E-state index contributed by atoms with van der Waals surface area (Å²) < 4.78 is 25.1. The van der Waals surface area contributed by atoms with Crippen LogP contribution in [0.3, 0.4) is 0 Å². The van der Waals surface area contributed by atoms with Crippen molar-refractivity contribution in [3.05, 3.63) is 17.0 Å². The first kappa shape index (κ1) is 16.0. The van der Waals surface area contributed by atoms with E-state index in [2.05, 4.69) is 11.2 Å². The molecule has 0 radical (unpaired) electrons. The molecule has 2 heterocycles. The Morgan fingerprint density at radius 2 is 2.19 bits per heavy atom. The maximum Gasteiger partial charge on any atom is 0.152 e. The van der Waals surface area contributed by atoms with Crippen LogP contribution >= 0.6 is 0 Å². The minimum atomic E-state index is -2.92. The SMILES string of the molecule is Cc1nn([C@@H]2CCS(=O)(=O)C2)c(C)c1CN(C)[C@@H](C)C#N. The van der Waals surface area contributed by atoms with Crippen LogP contribution in [0, 0.1) is 25.2 Å². The lowest BCUT2D eigenvalue weighted by Crippen LogP contribution is -2.27. The summed E-state index contributed by atoms with van der Waals surface area (Å²) in [5, 5.41) is 13.5. The van der Waals surface area contributed by atoms with Gasteiger partial charge in [0.25, 0.3) is 0 Å². The van der Waals surface area contributed by atoms with Crippen molar-refractivity contribution >= 4 is 9.84 Å². The van der Waals surface area contributed by atoms with Crippen LogP contribution in [0.5, 0.6) is 0 Å². The van der Waals surface area contributed by atoms with Gasteiger partial charge < -0.3 is 0 Å². The van der Waals surface area contributed by atoms with Crippen LogP contribution < -0.4 is 0 Å². The van der Waals surface area contributed by atoms with Crippen molar-refractivity contribution in [1.82, 2.24) is 14.7 Å². The molecule has 0 aliphatic carbocycles. The van der Waals surface area contributed by atoms with E-state index < -0.39 is 9.84 Å². The van der Waals surface area contributed by atoms with E-state index in [1.54, 1.807) is 0 Å². The van der Waals surface area contributed by atoms with E-state index in [9.17, 15) is 8.42 Å². The van der Waals surface area contributed by atoms with Crippen molar-refractivity contribution in [3.8, 4) is 6.07 Å². The smallest absolute Gasteiger partial charge is 0.152 e. The number of sulfone groups is 1. The number of hydrogen-bond donors (Lipinski definition) is 0. The maximum absolute atomic E-state index is 11.6. The summed E-state index contributed by atoms with van der Waals surface area (Å²) in [7, 11) is -1.01. The number of nitrogens with zero attached hydrogens (tertiary/aromatic N) is 4. The average molecular weight is 310 g/mol. The second kappa shape index (κ2) is 5.78. The molecule has 1 fully saturated rings. The van der Waals surface area contributed by atoms with E-state index in [0.29, 0.717) is 13.0 Å². The first-order valence-corrected chi connectivity index (χ1v) is 8.92. The number of aryl methyl sites for hydroxylation is 1. The third-order valence-electron chi connectivity index (χ3n) is 4.28. The molecule has 6 nitrogen and oxygen atoms in total. The summed E-state index contributed by atoms with van der Waals surface area (Å²) in [5.41, 5.74) is 3.00. The van der Waals surface area contributed by atoms with Crippen LogP contribution in [0.25, 0.3) is 0 Å². The van der Waals surface area contributed by atoms with E-state index in [1.165, 1.54) is 0 Å². The molecule has 0 N–H and O–H groups in total. The normalized spacial score (nSPS) is 22.4. The fraction of sp³-hybridized carbons (Fsp3) is 0.714. The molecule has 1 saturated heterocycles. The molecule has 116 valence electrons. The van der Waals surface area contributed by atoms with Crippen molar-refractivity contribution in [2.75, 3.05) is 18.6 Å². The van der Waals surface area contributed by atoms with Crippen molar-refractivity contribution in [2.45, 2.75) is 45.8 Å². The van der Waals surface area contributed by atoms with Gasteiger partial charge in [0.15, 0.2) is 9.84 Å². The molecule has 1 aliphatic rings. The zero-order valence-electron chi connectivity index (χ0n) is 13.0. The van der Waals surface area contributed by atoms with Crippen molar-refractivity contribution < 1.29 is 8.42 Å². The van der Waals surface area contributed by atoms with E-state index >= 15 is 0 Å². The largest absolute Gasteiger partial charge is 0.287 e. The third kappa shape index (κ3) is 3.27. The number of nitriles is 1. The van der Waals surface area contributed by atoms with E-state index in [1.807, 2.05) is 37.4 Å². The fourth-order valence-electron chi connectivity index (χ4n) is 2.73. The van der Waals surface area contributed by atoms with Gasteiger partial charge in [-0.1, -0.05) is 0 Å². The predicted molar refractivity (Wildman–Crippen MR) is 80.6 cm³/mol. The second-order valence-electron chi connectivity index (χ2n) is 5.87. The molecule has 2 atom stereocenters. The zero-order valence-corrected chi connectivity index (χ0v) is 13.8. The van der Waals surface area contributed by atoms with Gasteiger partial charge in [0, 0.05) is 17.8 Å². The van der Waals surface area contributed by atoms with Gasteiger partial charge in [-0.15, -0.1) is 0 Å². The van der Waals surface area contributed by atoms with Crippen LogP contribution in [0.15, 0.2) is 0 Å². The van der Waals surface area contributed by atoms with Crippen LogP contribution in [-0.4, -0.2) is 47.7 Å². The monoisotopic (exact) mass is 310 g/mol. The molecule has 0 amide bonds. The zero-order chi connectivity index (χ0) is 15.8. The van der Waals surface area contributed by atoms with Gasteiger partial charge in [-0.05, 0) is 34.2 Å². The first-order valence-electron chi connectivity index (χ1n) is 7.10. The lowest BCUT2D eigenvalue weighted by atomic mass is 10.1. The summed E-state index contributed by atoms with van der Waals surface area (Å²) in [6.45, 7) is 6.42. The highest BCUT2D eigenvalue weighted by molar-refractivity contribution is 7.91. The predicted octanol–water partition coefficient (Wildman–Crippen LogP) is 1.20. The lowest BCUT2D eigenvalue weighted by Gasteiger charge is -2.19. The Bertz CT molecular complexity index is 672. The van der Waals surface area contributed by atoms with Gasteiger partial charge >= 0.3 is 0 Å². The Morgan fingerprint density at radius 3 is 2.71 bits per heavy atom. The van der Waals surface area contributed by atoms with E-state index in [0.717, 1.165) is 17.0 Å². The molecule has 2 rings (SSSR count). The highest BCUT2D eigenvalue weighted by Crippen LogP contribution is 2.27. The highest BCUT2D eigenvalue weighted by atomic mass is 32.2. The van der Waals surface area contributed by atoms with Crippen molar-refractivity contribution in [1.29, 1.82) is 5.26 Å². The molecule has 1 aliphatic heterocycles. The molecule has 0 unspecified atom stereocenters. The van der Waals surface area contributed by atoms with Gasteiger partial charge in [0.05, 0.1) is 35.4 Å². The number of aromatic nitrogens is 2. The minimum absolute atomic E-state index is 0.0545. The molecular formula is C14H22N4O2S. The fourth-order valence-corrected chi connectivity index (χ4v) is 4.43. The molecule has 0 saturated carbocycles. The molecular weight excluding hydrogens is 288 g/mol. The molecule has 1 aromatic heterocycles. The summed E-state index contributed by atoms with van der Waals surface area (Å²) in [6, 6.07) is 1.99. The lowest BCUT2D eigenvalue weighted by molar-refractivity contribution is 0.293. The van der Waals surface area contributed by atoms with Crippen LogP contribution in [-0.2, 0) is 16.4 Å². The van der Waals surface area contributed by atoms with E-state index in [4.69, 9.17) is 5.26 Å². The van der Waals surface area contributed by atoms with Gasteiger partial charge in [0.2, 0.25) is 0 Å². The molecule has 21 heavy (non-hydrogen) atoms.